The molecule has 7 nitrogen and oxygen atoms in total. The van der Waals surface area contributed by atoms with Gasteiger partial charge in [0.2, 0.25) is 0 Å². The van der Waals surface area contributed by atoms with Gasteiger partial charge in [-0.15, -0.1) is 0 Å². The van der Waals surface area contributed by atoms with E-state index in [9.17, 15) is 14.7 Å². The van der Waals surface area contributed by atoms with Crippen molar-refractivity contribution in [3.05, 3.63) is 0 Å². The van der Waals surface area contributed by atoms with Crippen LogP contribution in [0.4, 0.5) is 0 Å². The minimum Gasteiger partial charge on any atom is -0.475 e. The average molecular weight is 456 g/mol. The number of esters is 1. The monoisotopic (exact) mass is 454 g/mol. The van der Waals surface area contributed by atoms with Crippen molar-refractivity contribution in [2.75, 3.05) is 26.4 Å². The van der Waals surface area contributed by atoms with Gasteiger partial charge in [0.1, 0.15) is 0 Å². The van der Waals surface area contributed by atoms with E-state index in [1.165, 1.54) is 6.92 Å². The number of ether oxygens (including phenoxy) is 4. The summed E-state index contributed by atoms with van der Waals surface area (Å²) in [5, 5.41) is 9.35. The van der Waals surface area contributed by atoms with Crippen molar-refractivity contribution in [2.45, 2.75) is 79.1 Å². The summed E-state index contributed by atoms with van der Waals surface area (Å²) in [6.07, 6.45) is 5.13. The summed E-state index contributed by atoms with van der Waals surface area (Å²) in [4.78, 5) is 21.3. The van der Waals surface area contributed by atoms with Gasteiger partial charge in [-0.1, -0.05) is 40.0 Å². The minimum atomic E-state index is -1.93. The molecule has 0 atom stereocenters. The minimum absolute atomic E-state index is 0. The Balaban J connectivity index is -0.000000649. The fourth-order valence-electron chi connectivity index (χ4n) is 1.57. The molecule has 0 aromatic carbocycles. The van der Waals surface area contributed by atoms with Crippen molar-refractivity contribution in [3.8, 4) is 0 Å². The second kappa shape index (κ2) is 21.0. The second-order valence-electron chi connectivity index (χ2n) is 5.39. The fraction of sp³-hybridized carbons (Fsp3) is 0.889. The van der Waals surface area contributed by atoms with Crippen LogP contribution in [0.15, 0.2) is 0 Å². The maximum atomic E-state index is 11.4. The van der Waals surface area contributed by atoms with Gasteiger partial charge in [0.25, 0.3) is 0 Å². The third-order valence-corrected chi connectivity index (χ3v) is 2.98. The van der Waals surface area contributed by atoms with Crippen molar-refractivity contribution in [3.63, 3.8) is 0 Å². The van der Waals surface area contributed by atoms with Gasteiger partial charge in [-0.2, -0.15) is 0 Å². The normalized spacial score (nSPS) is 10.3. The molecule has 26 heavy (non-hydrogen) atoms. The molecule has 0 spiro atoms. The molecular weight excluding hydrogens is 419 g/mol. The summed E-state index contributed by atoms with van der Waals surface area (Å²) >= 11 is 0. The average Bonchev–Trinajstić information content (AvgIpc) is 2.55. The van der Waals surface area contributed by atoms with E-state index >= 15 is 0 Å². The number of carbonyl (C=O) groups excluding carboxylic acids is 1. The predicted molar refractivity (Wildman–Crippen MR) is 95.3 cm³/mol. The van der Waals surface area contributed by atoms with E-state index in [0.717, 1.165) is 38.5 Å². The number of carbonyl (C=O) groups is 2. The largest absolute Gasteiger partial charge is 0.475 e. The zero-order chi connectivity index (χ0) is 19.6. The summed E-state index contributed by atoms with van der Waals surface area (Å²) < 4.78 is 20.5. The van der Waals surface area contributed by atoms with Crippen molar-refractivity contribution in [1.82, 2.24) is 0 Å². The van der Waals surface area contributed by atoms with Crippen LogP contribution in [-0.4, -0.2) is 49.4 Å². The topological polar surface area (TPSA) is 91.3 Å². The van der Waals surface area contributed by atoms with Crippen LogP contribution >= 0.6 is 0 Å². The molecule has 0 bridgehead atoms. The molecule has 1 N–H and O–H groups in total. The van der Waals surface area contributed by atoms with Gasteiger partial charge in [0, 0.05) is 33.1 Å². The van der Waals surface area contributed by atoms with E-state index < -0.39 is 11.9 Å². The van der Waals surface area contributed by atoms with Gasteiger partial charge in [-0.3, -0.25) is 4.79 Å². The fourth-order valence-corrected chi connectivity index (χ4v) is 1.57. The Morgan fingerprint density at radius 3 is 1.31 bits per heavy atom. The molecule has 0 aromatic rings. The number of aliphatic carboxylic acids is 1. The third kappa shape index (κ3) is 17.1. The van der Waals surface area contributed by atoms with Gasteiger partial charge in [0.05, 0.1) is 26.4 Å². The first-order chi connectivity index (χ1) is 11.9. The Bertz CT molecular complexity index is 311. The maximum absolute atomic E-state index is 11.4. The number of hydrogen-bond acceptors (Lipinski definition) is 6. The zero-order valence-electron chi connectivity index (χ0n) is 17.0. The molecule has 154 valence electrons. The smallest absolute Gasteiger partial charge is 0.395 e. The van der Waals surface area contributed by atoms with Crippen LogP contribution < -0.4 is 0 Å². The molecular formula is C18H36O7Zr. The first kappa shape index (κ1) is 30.4. The van der Waals surface area contributed by atoms with Gasteiger partial charge in [-0.25, -0.2) is 4.79 Å². The van der Waals surface area contributed by atoms with Gasteiger partial charge < -0.3 is 24.1 Å². The van der Waals surface area contributed by atoms with E-state index in [0.29, 0.717) is 26.4 Å². The SMILES string of the molecule is CCCCOC(OCCCC)(OCCCC)C(=O)O.CCOC(C)=O.[Zr]. The number of rotatable bonds is 14. The first-order valence-corrected chi connectivity index (χ1v) is 9.18. The molecule has 0 amide bonds. The van der Waals surface area contributed by atoms with Crippen molar-refractivity contribution in [2.24, 2.45) is 0 Å². The molecule has 0 aliphatic rings. The summed E-state index contributed by atoms with van der Waals surface area (Å²) in [5.41, 5.74) is 0. The van der Waals surface area contributed by atoms with Crippen LogP contribution in [0.5, 0.6) is 0 Å². The quantitative estimate of drug-likeness (QED) is 0.242. The van der Waals surface area contributed by atoms with Crippen LogP contribution in [-0.2, 0) is 54.7 Å². The molecule has 0 aliphatic heterocycles. The van der Waals surface area contributed by atoms with Gasteiger partial charge in [-0.05, 0) is 26.2 Å². The molecule has 0 unspecified atom stereocenters. The first-order valence-electron chi connectivity index (χ1n) is 9.18. The van der Waals surface area contributed by atoms with Crippen LogP contribution in [0.25, 0.3) is 0 Å². The molecule has 0 aromatic heterocycles. The van der Waals surface area contributed by atoms with E-state index in [4.69, 9.17) is 14.2 Å². The van der Waals surface area contributed by atoms with Gasteiger partial charge in [0.15, 0.2) is 0 Å². The predicted octanol–water partition coefficient (Wildman–Crippen LogP) is 3.74. The molecule has 0 saturated heterocycles. The maximum Gasteiger partial charge on any atom is 0.395 e. The summed E-state index contributed by atoms with van der Waals surface area (Å²) in [5.74, 6) is -3.35. The molecule has 0 radical (unpaired) electrons. The Hall–Kier alpha value is -0.297. The third-order valence-electron chi connectivity index (χ3n) is 2.98. The number of unbranched alkanes of at least 4 members (excludes halogenated alkanes) is 3. The Morgan fingerprint density at radius 2 is 1.15 bits per heavy atom. The van der Waals surface area contributed by atoms with E-state index in [1.807, 2.05) is 20.8 Å². The van der Waals surface area contributed by atoms with Crippen molar-refractivity contribution < 1.29 is 59.8 Å². The van der Waals surface area contributed by atoms with E-state index in [2.05, 4.69) is 4.74 Å². The summed E-state index contributed by atoms with van der Waals surface area (Å²) in [7, 11) is 0. The second-order valence-corrected chi connectivity index (χ2v) is 5.39. The molecule has 0 heterocycles. The van der Waals surface area contributed by atoms with Crippen LogP contribution in [0.1, 0.15) is 73.1 Å². The summed E-state index contributed by atoms with van der Waals surface area (Å²) in [6, 6.07) is 0. The van der Waals surface area contributed by atoms with E-state index in [-0.39, 0.29) is 32.2 Å². The number of carboxylic acids is 1. The van der Waals surface area contributed by atoms with Gasteiger partial charge >= 0.3 is 17.9 Å². The molecule has 0 fully saturated rings. The Kier molecular flexibility index (Phi) is 24.6. The van der Waals surface area contributed by atoms with E-state index in [1.54, 1.807) is 6.92 Å². The van der Waals surface area contributed by atoms with Crippen molar-refractivity contribution in [1.29, 1.82) is 0 Å². The number of carboxylic acid groups (broad SMARTS) is 1. The molecule has 0 rings (SSSR count). The number of hydrogen-bond donors (Lipinski definition) is 1. The Labute approximate surface area is 177 Å². The Morgan fingerprint density at radius 1 is 0.808 bits per heavy atom. The molecule has 0 saturated carbocycles. The van der Waals surface area contributed by atoms with Crippen molar-refractivity contribution >= 4 is 11.9 Å². The summed E-state index contributed by atoms with van der Waals surface area (Å²) in [6.45, 7) is 10.7. The zero-order valence-corrected chi connectivity index (χ0v) is 19.4. The molecule has 0 aliphatic carbocycles. The van der Waals surface area contributed by atoms with Crippen LogP contribution in [0.2, 0.25) is 0 Å². The molecule has 8 heteroatoms. The standard InChI is InChI=1S/C14H28O5.C4H8O2.Zr/c1-4-7-10-17-14(13(15)16,18-11-8-5-2)19-12-9-6-3;1-3-6-4(2)5;/h4-12H2,1-3H3,(H,15,16);3H2,1-2H3;. The van der Waals surface area contributed by atoms with Crippen LogP contribution in [0.3, 0.4) is 0 Å². The van der Waals surface area contributed by atoms with Crippen LogP contribution in [0, 0.1) is 0 Å².